The van der Waals surface area contributed by atoms with Crippen molar-refractivity contribution in [2.24, 2.45) is 23.7 Å². The minimum Gasteiger partial charge on any atom is -0.497 e. The van der Waals surface area contributed by atoms with Crippen LogP contribution >= 0.6 is 0 Å². The van der Waals surface area contributed by atoms with Crippen LogP contribution in [0.25, 0.3) is 36.5 Å². The zero-order valence-electron chi connectivity index (χ0n) is 48.9. The molecule has 0 bridgehead atoms. The molecule has 0 saturated heterocycles. The fourth-order valence-electron chi connectivity index (χ4n) is 9.30. The minimum absolute atomic E-state index is 0.411. The standard InChI is InChI=1S/C67H96O9/c1-13-21-25-49(17-5)45-73-61-36-35-60(69-9)37-53(61)29-30-54-40-65(74-46-50(18-6)26-22-14-2)57(38-62(54)70-10)33-31-55-41-66(75-47-51(19-7)27-23-15-3)58(39-63(55)71-11)34-32-56-42-67(59(44-68)43-64(56)72-12)76-48-52(20-8)28-24-16-4/h29-44,49-52H,13-28,45-48H2,1-12H3/b30-29+,33-31+,34-32+. The van der Waals surface area contributed by atoms with E-state index >= 15 is 0 Å². The number of aldehydes is 1. The second kappa shape index (κ2) is 35.5. The van der Waals surface area contributed by atoms with Gasteiger partial charge in [-0.1, -0.05) is 169 Å². The van der Waals surface area contributed by atoms with Crippen molar-refractivity contribution in [1.29, 1.82) is 0 Å². The molecule has 0 aliphatic rings. The van der Waals surface area contributed by atoms with Gasteiger partial charge in [0, 0.05) is 33.4 Å². The Morgan fingerprint density at radius 3 is 0.908 bits per heavy atom. The van der Waals surface area contributed by atoms with Crippen molar-refractivity contribution in [1.82, 2.24) is 0 Å². The molecule has 0 aliphatic heterocycles. The summed E-state index contributed by atoms with van der Waals surface area (Å²) in [6.07, 6.45) is 31.0. The van der Waals surface area contributed by atoms with Crippen LogP contribution in [-0.2, 0) is 0 Å². The van der Waals surface area contributed by atoms with E-state index in [2.05, 4.69) is 97.9 Å². The number of ether oxygens (including phenoxy) is 8. The number of hydrogen-bond donors (Lipinski definition) is 0. The van der Waals surface area contributed by atoms with Crippen LogP contribution in [0.1, 0.15) is 202 Å². The summed E-state index contributed by atoms with van der Waals surface area (Å²) in [6.45, 7) is 20.2. The van der Waals surface area contributed by atoms with E-state index in [0.717, 1.165) is 153 Å². The lowest BCUT2D eigenvalue weighted by Gasteiger charge is -2.19. The molecule has 0 amide bonds. The third-order valence-corrected chi connectivity index (χ3v) is 14.8. The fourth-order valence-corrected chi connectivity index (χ4v) is 9.30. The van der Waals surface area contributed by atoms with Gasteiger partial charge >= 0.3 is 0 Å². The summed E-state index contributed by atoms with van der Waals surface area (Å²) >= 11 is 0. The second-order valence-electron chi connectivity index (χ2n) is 20.3. The summed E-state index contributed by atoms with van der Waals surface area (Å²) in [5, 5.41) is 0. The number of rotatable bonds is 39. The van der Waals surface area contributed by atoms with Crippen LogP contribution in [0, 0.1) is 23.7 Å². The highest BCUT2D eigenvalue weighted by Gasteiger charge is 2.18. The van der Waals surface area contributed by atoms with Gasteiger partial charge in [0.15, 0.2) is 6.29 Å². The van der Waals surface area contributed by atoms with Crippen molar-refractivity contribution in [2.45, 2.75) is 158 Å². The van der Waals surface area contributed by atoms with E-state index in [-0.39, 0.29) is 0 Å². The van der Waals surface area contributed by atoms with E-state index in [9.17, 15) is 4.79 Å². The molecule has 4 aromatic carbocycles. The van der Waals surface area contributed by atoms with Crippen LogP contribution in [0.5, 0.6) is 46.0 Å². The summed E-state index contributed by atoms with van der Waals surface area (Å²) in [5.41, 5.74) is 5.62. The lowest BCUT2D eigenvalue weighted by atomic mass is 10.00. The highest BCUT2D eigenvalue weighted by Crippen LogP contribution is 2.38. The molecule has 4 atom stereocenters. The highest BCUT2D eigenvalue weighted by molar-refractivity contribution is 5.85. The van der Waals surface area contributed by atoms with Crippen LogP contribution in [-0.4, -0.2) is 61.2 Å². The molecular formula is C67H96O9. The van der Waals surface area contributed by atoms with E-state index < -0.39 is 0 Å². The molecule has 0 saturated carbocycles. The zero-order valence-corrected chi connectivity index (χ0v) is 48.9. The Kier molecular flexibility index (Phi) is 29.3. The topological polar surface area (TPSA) is 90.9 Å². The predicted molar refractivity (Wildman–Crippen MR) is 319 cm³/mol. The summed E-state index contributed by atoms with van der Waals surface area (Å²) in [5.74, 6) is 7.33. The van der Waals surface area contributed by atoms with Gasteiger partial charge in [0.2, 0.25) is 0 Å². The van der Waals surface area contributed by atoms with E-state index in [1.165, 1.54) is 12.8 Å². The van der Waals surface area contributed by atoms with E-state index in [4.69, 9.17) is 37.9 Å². The molecule has 4 unspecified atom stereocenters. The van der Waals surface area contributed by atoms with E-state index in [1.54, 1.807) is 34.5 Å². The van der Waals surface area contributed by atoms with Crippen LogP contribution in [0.15, 0.2) is 54.6 Å². The van der Waals surface area contributed by atoms with Gasteiger partial charge in [-0.2, -0.15) is 0 Å². The molecule has 9 heteroatoms. The Bertz CT molecular complexity index is 2400. The summed E-state index contributed by atoms with van der Waals surface area (Å²) in [6, 6.07) is 17.9. The predicted octanol–water partition coefficient (Wildman–Crippen LogP) is 18.4. The smallest absolute Gasteiger partial charge is 0.153 e. The third kappa shape index (κ3) is 19.9. The lowest BCUT2D eigenvalue weighted by Crippen LogP contribution is -2.12. The third-order valence-electron chi connectivity index (χ3n) is 14.8. The fraction of sp³-hybridized carbons (Fsp3) is 0.537. The van der Waals surface area contributed by atoms with Gasteiger partial charge in [-0.3, -0.25) is 4.79 Å². The van der Waals surface area contributed by atoms with Gasteiger partial charge in [-0.25, -0.2) is 0 Å². The quantitative estimate of drug-likeness (QED) is 0.0320. The molecule has 0 radical (unpaired) electrons. The molecule has 0 heterocycles. The number of hydrogen-bond acceptors (Lipinski definition) is 9. The first-order chi connectivity index (χ1) is 37.1. The van der Waals surface area contributed by atoms with Crippen molar-refractivity contribution in [3.05, 3.63) is 93.5 Å². The Hall–Kier alpha value is -5.83. The average molecular weight is 1050 g/mol. The number of benzene rings is 4. The normalized spacial score (nSPS) is 13.2. The Morgan fingerprint density at radius 2 is 0.618 bits per heavy atom. The monoisotopic (exact) mass is 1040 g/mol. The molecule has 9 nitrogen and oxygen atoms in total. The number of carbonyl (C=O) groups excluding carboxylic acids is 1. The number of methoxy groups -OCH3 is 4. The lowest BCUT2D eigenvalue weighted by molar-refractivity contribution is 0.111. The van der Waals surface area contributed by atoms with Crippen molar-refractivity contribution in [3.63, 3.8) is 0 Å². The summed E-state index contributed by atoms with van der Waals surface area (Å²) in [4.78, 5) is 12.3. The van der Waals surface area contributed by atoms with Crippen molar-refractivity contribution in [2.75, 3.05) is 54.9 Å². The molecule has 4 aromatic rings. The first kappa shape index (κ1) is 62.7. The molecule has 418 valence electrons. The van der Waals surface area contributed by atoms with E-state index in [0.29, 0.717) is 78.7 Å². The van der Waals surface area contributed by atoms with Gasteiger partial charge < -0.3 is 37.9 Å². The molecule has 0 spiro atoms. The van der Waals surface area contributed by atoms with E-state index in [1.807, 2.05) is 42.5 Å². The van der Waals surface area contributed by atoms with Gasteiger partial charge in [-0.05, 0) is 104 Å². The first-order valence-electron chi connectivity index (χ1n) is 28.9. The highest BCUT2D eigenvalue weighted by atomic mass is 16.5. The van der Waals surface area contributed by atoms with Crippen molar-refractivity contribution < 1.29 is 42.7 Å². The van der Waals surface area contributed by atoms with Gasteiger partial charge in [0.05, 0.1) is 60.4 Å². The van der Waals surface area contributed by atoms with Crippen molar-refractivity contribution in [3.8, 4) is 46.0 Å². The Labute approximate surface area is 459 Å². The zero-order chi connectivity index (χ0) is 55.1. The molecule has 0 aromatic heterocycles. The first-order valence-corrected chi connectivity index (χ1v) is 28.9. The summed E-state index contributed by atoms with van der Waals surface area (Å²) in [7, 11) is 6.71. The number of carbonyl (C=O) groups is 1. The average Bonchev–Trinajstić information content (AvgIpc) is 3.45. The largest absolute Gasteiger partial charge is 0.497 e. The molecule has 4 rings (SSSR count). The van der Waals surface area contributed by atoms with Crippen LogP contribution in [0.3, 0.4) is 0 Å². The molecule has 0 fully saturated rings. The Balaban J connectivity index is 1.83. The van der Waals surface area contributed by atoms with Gasteiger partial charge in [0.1, 0.15) is 46.0 Å². The van der Waals surface area contributed by atoms with Gasteiger partial charge in [0.25, 0.3) is 0 Å². The molecule has 0 aliphatic carbocycles. The summed E-state index contributed by atoms with van der Waals surface area (Å²) < 4.78 is 50.3. The maximum atomic E-state index is 12.3. The van der Waals surface area contributed by atoms with Crippen molar-refractivity contribution >= 4 is 42.7 Å². The Morgan fingerprint density at radius 1 is 0.342 bits per heavy atom. The molecular weight excluding hydrogens is 949 g/mol. The second-order valence-corrected chi connectivity index (χ2v) is 20.3. The molecule has 76 heavy (non-hydrogen) atoms. The van der Waals surface area contributed by atoms with Gasteiger partial charge in [-0.15, -0.1) is 0 Å². The number of unbranched alkanes of at least 4 members (excludes halogenated alkanes) is 4. The molecule has 0 N–H and O–H groups in total. The maximum absolute atomic E-state index is 12.3. The van der Waals surface area contributed by atoms with Crippen LogP contribution in [0.2, 0.25) is 0 Å². The maximum Gasteiger partial charge on any atom is 0.153 e. The van der Waals surface area contributed by atoms with Crippen LogP contribution in [0.4, 0.5) is 0 Å². The minimum atomic E-state index is 0.411. The van der Waals surface area contributed by atoms with Crippen LogP contribution < -0.4 is 37.9 Å². The SMILES string of the molecule is CCCCC(CC)COc1cc(/C=C/c2cc(OC)c(/C=C/c3cc(OC)c(/C=C/c4cc(OC)ccc4OCC(CC)CCCC)cc3OCC(CC)CCCC)cc2OCC(CC)CCCC)c(OC)cc1C=O.